The van der Waals surface area contributed by atoms with Crippen molar-refractivity contribution in [1.82, 2.24) is 0 Å². The van der Waals surface area contributed by atoms with Crippen LogP contribution in [0.3, 0.4) is 0 Å². The normalized spacial score (nSPS) is 14.5. The molecule has 0 saturated carbocycles. The second kappa shape index (κ2) is 8.86. The molecule has 1 saturated heterocycles. The predicted octanol–water partition coefficient (Wildman–Crippen LogP) is 3.70. The molecule has 2 aromatic carbocycles. The molecule has 156 valence electrons. The zero-order valence-electron chi connectivity index (χ0n) is 17.3. The molecular weight excluding hydrogens is 386 g/mol. The molecule has 0 aromatic heterocycles. The van der Waals surface area contributed by atoms with E-state index in [4.69, 9.17) is 0 Å². The maximum absolute atomic E-state index is 12.6. The standard InChI is InChI=1S/C22H29N3O3S/c1-17-7-12-21(18(2)15-17)25(29(3,27)28)16-22(26)23-19-8-10-20(11-9-19)24-13-5-4-6-14-24/h7-12,15H,4-6,13-14,16H2,1-3H3,(H,23,26). The lowest BCUT2D eigenvalue weighted by Crippen LogP contribution is -2.37. The van der Waals surface area contributed by atoms with Crippen molar-refractivity contribution in [3.05, 3.63) is 53.6 Å². The number of rotatable bonds is 6. The largest absolute Gasteiger partial charge is 0.372 e. The Morgan fingerprint density at radius 3 is 2.28 bits per heavy atom. The first-order valence-corrected chi connectivity index (χ1v) is 11.8. The number of nitrogens with one attached hydrogen (secondary N) is 1. The van der Waals surface area contributed by atoms with E-state index in [0.29, 0.717) is 11.4 Å². The zero-order valence-corrected chi connectivity index (χ0v) is 18.1. The summed E-state index contributed by atoms with van der Waals surface area (Å²) in [6, 6.07) is 13.2. The van der Waals surface area contributed by atoms with Crippen molar-refractivity contribution in [3.63, 3.8) is 0 Å². The maximum Gasteiger partial charge on any atom is 0.245 e. The van der Waals surface area contributed by atoms with E-state index in [1.165, 1.54) is 19.3 Å². The number of anilines is 3. The van der Waals surface area contributed by atoms with E-state index < -0.39 is 10.0 Å². The van der Waals surface area contributed by atoms with Crippen molar-refractivity contribution in [2.24, 2.45) is 0 Å². The van der Waals surface area contributed by atoms with Crippen molar-refractivity contribution < 1.29 is 13.2 Å². The number of hydrogen-bond donors (Lipinski definition) is 1. The van der Waals surface area contributed by atoms with Crippen LogP contribution < -0.4 is 14.5 Å². The Balaban J connectivity index is 1.70. The van der Waals surface area contributed by atoms with Crippen molar-refractivity contribution in [1.29, 1.82) is 0 Å². The highest BCUT2D eigenvalue weighted by molar-refractivity contribution is 7.92. The van der Waals surface area contributed by atoms with Crippen LogP contribution in [0.15, 0.2) is 42.5 Å². The highest BCUT2D eigenvalue weighted by atomic mass is 32.2. The Hall–Kier alpha value is -2.54. The fourth-order valence-electron chi connectivity index (χ4n) is 3.70. The van der Waals surface area contributed by atoms with Gasteiger partial charge < -0.3 is 10.2 Å². The number of hydrogen-bond acceptors (Lipinski definition) is 4. The van der Waals surface area contributed by atoms with E-state index in [9.17, 15) is 13.2 Å². The molecule has 0 bridgehead atoms. The average Bonchev–Trinajstić information content (AvgIpc) is 2.67. The monoisotopic (exact) mass is 415 g/mol. The van der Waals surface area contributed by atoms with Gasteiger partial charge in [-0.1, -0.05) is 17.7 Å². The third-order valence-corrected chi connectivity index (χ3v) is 6.31. The van der Waals surface area contributed by atoms with Crippen LogP contribution in [0.5, 0.6) is 0 Å². The number of sulfonamides is 1. The summed E-state index contributed by atoms with van der Waals surface area (Å²) in [5, 5.41) is 2.81. The molecule has 2 aromatic rings. The lowest BCUT2D eigenvalue weighted by molar-refractivity contribution is -0.114. The van der Waals surface area contributed by atoms with Gasteiger partial charge in [-0.15, -0.1) is 0 Å². The maximum atomic E-state index is 12.6. The molecule has 0 spiro atoms. The number of piperidine rings is 1. The van der Waals surface area contributed by atoms with E-state index in [1.807, 2.05) is 50.2 Å². The molecule has 1 amide bonds. The van der Waals surface area contributed by atoms with Gasteiger partial charge in [0.05, 0.1) is 11.9 Å². The Morgan fingerprint density at radius 2 is 1.69 bits per heavy atom. The lowest BCUT2D eigenvalue weighted by atomic mass is 10.1. The molecule has 7 heteroatoms. The minimum Gasteiger partial charge on any atom is -0.372 e. The highest BCUT2D eigenvalue weighted by Crippen LogP contribution is 2.24. The lowest BCUT2D eigenvalue weighted by Gasteiger charge is -2.29. The minimum absolute atomic E-state index is 0.267. The molecular formula is C22H29N3O3S. The Morgan fingerprint density at radius 1 is 1.03 bits per heavy atom. The van der Waals surface area contributed by atoms with Gasteiger partial charge in [0.15, 0.2) is 0 Å². The van der Waals surface area contributed by atoms with Crippen LogP contribution in [-0.4, -0.2) is 40.2 Å². The van der Waals surface area contributed by atoms with E-state index in [2.05, 4.69) is 10.2 Å². The van der Waals surface area contributed by atoms with Crippen molar-refractivity contribution in [3.8, 4) is 0 Å². The van der Waals surface area contributed by atoms with Crippen molar-refractivity contribution >= 4 is 33.0 Å². The third kappa shape index (κ3) is 5.50. The number of aryl methyl sites for hydroxylation is 2. The summed E-state index contributed by atoms with van der Waals surface area (Å²) in [6.45, 7) is 5.64. The fraction of sp³-hybridized carbons (Fsp3) is 0.409. The van der Waals surface area contributed by atoms with Crippen LogP contribution in [0.4, 0.5) is 17.1 Å². The zero-order chi connectivity index (χ0) is 21.0. The van der Waals surface area contributed by atoms with Crippen LogP contribution in [0.2, 0.25) is 0 Å². The summed E-state index contributed by atoms with van der Waals surface area (Å²) in [4.78, 5) is 14.9. The molecule has 6 nitrogen and oxygen atoms in total. The second-order valence-electron chi connectivity index (χ2n) is 7.70. The molecule has 1 aliphatic heterocycles. The highest BCUT2D eigenvalue weighted by Gasteiger charge is 2.22. The van der Waals surface area contributed by atoms with E-state index in [0.717, 1.165) is 40.5 Å². The first-order chi connectivity index (χ1) is 13.7. The van der Waals surface area contributed by atoms with Gasteiger partial charge in [-0.05, 0) is 69.0 Å². The number of carbonyl (C=O) groups is 1. The SMILES string of the molecule is Cc1ccc(N(CC(=O)Nc2ccc(N3CCCCC3)cc2)S(C)(=O)=O)c(C)c1. The molecule has 0 atom stereocenters. The number of benzene rings is 2. The molecule has 0 radical (unpaired) electrons. The fourth-order valence-corrected chi connectivity index (χ4v) is 4.62. The van der Waals surface area contributed by atoms with Crippen LogP contribution in [0, 0.1) is 13.8 Å². The van der Waals surface area contributed by atoms with Gasteiger partial charge in [0.1, 0.15) is 6.54 Å². The molecule has 1 N–H and O–H groups in total. The molecule has 0 aliphatic carbocycles. The van der Waals surface area contributed by atoms with Gasteiger partial charge in [0.25, 0.3) is 0 Å². The molecule has 1 aliphatic rings. The summed E-state index contributed by atoms with van der Waals surface area (Å²) in [5.74, 6) is -0.374. The van der Waals surface area contributed by atoms with Crippen molar-refractivity contribution in [2.75, 3.05) is 40.4 Å². The molecule has 29 heavy (non-hydrogen) atoms. The molecule has 1 fully saturated rings. The van der Waals surface area contributed by atoms with Gasteiger partial charge in [-0.3, -0.25) is 9.10 Å². The van der Waals surface area contributed by atoms with Gasteiger partial charge in [0.2, 0.25) is 15.9 Å². The summed E-state index contributed by atoms with van der Waals surface area (Å²) < 4.78 is 25.8. The third-order valence-electron chi connectivity index (χ3n) is 5.18. The van der Waals surface area contributed by atoms with Gasteiger partial charge in [0, 0.05) is 24.5 Å². The van der Waals surface area contributed by atoms with E-state index >= 15 is 0 Å². The van der Waals surface area contributed by atoms with E-state index in [-0.39, 0.29) is 12.5 Å². The Kier molecular flexibility index (Phi) is 6.47. The summed E-state index contributed by atoms with van der Waals surface area (Å²) >= 11 is 0. The van der Waals surface area contributed by atoms with Crippen LogP contribution in [0.1, 0.15) is 30.4 Å². The Labute approximate surface area is 173 Å². The first kappa shape index (κ1) is 21.2. The predicted molar refractivity (Wildman–Crippen MR) is 119 cm³/mol. The van der Waals surface area contributed by atoms with Crippen LogP contribution in [-0.2, 0) is 14.8 Å². The smallest absolute Gasteiger partial charge is 0.245 e. The topological polar surface area (TPSA) is 69.7 Å². The summed E-state index contributed by atoms with van der Waals surface area (Å²) in [5.41, 5.74) is 4.18. The number of nitrogens with zero attached hydrogens (tertiary/aromatic N) is 2. The molecule has 1 heterocycles. The first-order valence-electron chi connectivity index (χ1n) is 9.94. The number of amides is 1. The molecule has 0 unspecified atom stereocenters. The quantitative estimate of drug-likeness (QED) is 0.781. The average molecular weight is 416 g/mol. The van der Waals surface area contributed by atoms with Crippen LogP contribution in [0.25, 0.3) is 0 Å². The Bertz CT molecular complexity index is 965. The van der Waals surface area contributed by atoms with Gasteiger partial charge in [-0.2, -0.15) is 0 Å². The van der Waals surface area contributed by atoms with E-state index in [1.54, 1.807) is 6.07 Å². The second-order valence-corrected chi connectivity index (χ2v) is 9.61. The summed E-state index contributed by atoms with van der Waals surface area (Å²) in [7, 11) is -3.60. The minimum atomic E-state index is -3.60. The van der Waals surface area contributed by atoms with Gasteiger partial charge >= 0.3 is 0 Å². The van der Waals surface area contributed by atoms with Crippen molar-refractivity contribution in [2.45, 2.75) is 33.1 Å². The summed E-state index contributed by atoms with van der Waals surface area (Å²) in [6.07, 6.45) is 4.81. The number of carbonyl (C=O) groups excluding carboxylic acids is 1. The van der Waals surface area contributed by atoms with Crippen LogP contribution >= 0.6 is 0 Å². The van der Waals surface area contributed by atoms with Gasteiger partial charge in [-0.25, -0.2) is 8.42 Å². The molecule has 3 rings (SSSR count).